The summed E-state index contributed by atoms with van der Waals surface area (Å²) in [4.78, 5) is 35.7. The minimum absolute atomic E-state index is 0.0432. The quantitative estimate of drug-likeness (QED) is 0.296. The van der Waals surface area contributed by atoms with E-state index in [0.29, 0.717) is 23.8 Å². The summed E-state index contributed by atoms with van der Waals surface area (Å²) >= 11 is 6.07. The molecule has 198 valence electrons. The Bertz CT molecular complexity index is 1570. The second-order valence-electron chi connectivity index (χ2n) is 10.2. The van der Waals surface area contributed by atoms with Gasteiger partial charge in [-0.15, -0.1) is 0 Å². The van der Waals surface area contributed by atoms with Crippen molar-refractivity contribution < 1.29 is 4.79 Å². The van der Waals surface area contributed by atoms with Gasteiger partial charge >= 0.3 is 0 Å². The van der Waals surface area contributed by atoms with E-state index in [1.807, 2.05) is 54.6 Å². The highest BCUT2D eigenvalue weighted by atomic mass is 35.5. The van der Waals surface area contributed by atoms with Gasteiger partial charge in [0.25, 0.3) is 5.56 Å². The number of carbonyl (C=O) groups excluding carboxylic acids is 1. The van der Waals surface area contributed by atoms with Crippen molar-refractivity contribution in [3.8, 4) is 11.3 Å². The predicted octanol–water partition coefficient (Wildman–Crippen LogP) is 4.02. The van der Waals surface area contributed by atoms with E-state index in [1.165, 1.54) is 10.1 Å². The van der Waals surface area contributed by atoms with Crippen molar-refractivity contribution in [2.45, 2.75) is 44.4 Å². The number of amides is 1. The van der Waals surface area contributed by atoms with E-state index in [9.17, 15) is 9.59 Å². The molecule has 3 N–H and O–H groups in total. The Balaban J connectivity index is 1.21. The number of aromatic nitrogens is 3. The maximum Gasteiger partial charge on any atom is 0.294 e. The second-order valence-corrected chi connectivity index (χ2v) is 10.7. The number of rotatable bonds is 9. The molecule has 2 aromatic heterocycles. The van der Waals surface area contributed by atoms with Gasteiger partial charge in [0.05, 0.1) is 17.6 Å². The Morgan fingerprint density at radius 2 is 1.82 bits per heavy atom. The molecule has 6 rings (SSSR count). The molecule has 0 unspecified atom stereocenters. The second kappa shape index (κ2) is 10.6. The lowest BCUT2D eigenvalue weighted by atomic mass is 9.96. The van der Waals surface area contributed by atoms with E-state index in [4.69, 9.17) is 11.6 Å². The molecular weight excluding hydrogens is 512 g/mol. The lowest BCUT2D eigenvalue weighted by Gasteiger charge is -2.19. The van der Waals surface area contributed by atoms with Crippen molar-refractivity contribution >= 4 is 23.3 Å². The van der Waals surface area contributed by atoms with E-state index in [1.54, 1.807) is 12.4 Å². The minimum atomic E-state index is -0.330. The number of nitrogens with one attached hydrogen (secondary N) is 3. The molecule has 1 aliphatic carbocycles. The molecule has 1 amide bonds. The molecule has 0 bridgehead atoms. The van der Waals surface area contributed by atoms with Crippen molar-refractivity contribution in [2.75, 3.05) is 11.9 Å². The largest absolute Gasteiger partial charge is 0.365 e. The number of anilines is 1. The summed E-state index contributed by atoms with van der Waals surface area (Å²) in [5.41, 5.74) is 5.35. The van der Waals surface area contributed by atoms with Crippen LogP contribution in [0.3, 0.4) is 0 Å². The van der Waals surface area contributed by atoms with Gasteiger partial charge in [0, 0.05) is 42.8 Å². The topological polar surface area (TPSA) is 101 Å². The van der Waals surface area contributed by atoms with Crippen LogP contribution in [0.1, 0.15) is 35.2 Å². The van der Waals surface area contributed by atoms with Crippen molar-refractivity contribution in [3.05, 3.63) is 111 Å². The zero-order valence-electron chi connectivity index (χ0n) is 21.4. The smallest absolute Gasteiger partial charge is 0.294 e. The summed E-state index contributed by atoms with van der Waals surface area (Å²) in [6.45, 7) is 2.35. The van der Waals surface area contributed by atoms with Gasteiger partial charge < -0.3 is 16.0 Å². The molecule has 1 aliphatic heterocycles. The molecule has 0 radical (unpaired) electrons. The normalized spacial score (nSPS) is 15.0. The number of carbonyl (C=O) groups is 1. The third-order valence-corrected chi connectivity index (χ3v) is 7.80. The number of pyridine rings is 1. The van der Waals surface area contributed by atoms with Crippen LogP contribution in [0.15, 0.2) is 77.9 Å². The number of nitrogens with zero attached hydrogens (tertiary/aromatic N) is 3. The van der Waals surface area contributed by atoms with Crippen LogP contribution < -0.4 is 21.5 Å². The summed E-state index contributed by atoms with van der Waals surface area (Å²) in [5, 5.41) is 10.2. The van der Waals surface area contributed by atoms with Gasteiger partial charge in [-0.3, -0.25) is 19.1 Å². The lowest BCUT2D eigenvalue weighted by Crippen LogP contribution is -2.35. The number of fused-ring (bicyclic) bond motifs is 1. The fourth-order valence-corrected chi connectivity index (χ4v) is 5.22. The number of benzene rings is 2. The third kappa shape index (κ3) is 5.44. The first-order chi connectivity index (χ1) is 19.0. The van der Waals surface area contributed by atoms with Crippen LogP contribution in [-0.4, -0.2) is 27.0 Å². The fraction of sp³-hybridized carbons (Fsp3) is 0.267. The first kappa shape index (κ1) is 25.3. The third-order valence-electron chi connectivity index (χ3n) is 7.54. The first-order valence-electron chi connectivity index (χ1n) is 13.1. The molecule has 39 heavy (non-hydrogen) atoms. The Kier molecular flexibility index (Phi) is 6.89. The zero-order chi connectivity index (χ0) is 26.8. The summed E-state index contributed by atoms with van der Waals surface area (Å²) in [7, 11) is 0. The Labute approximate surface area is 231 Å². The van der Waals surface area contributed by atoms with Crippen molar-refractivity contribution in [1.29, 1.82) is 0 Å². The zero-order valence-corrected chi connectivity index (χ0v) is 22.2. The lowest BCUT2D eigenvalue weighted by molar-refractivity contribution is -0.121. The molecular formula is C30H29ClN6O2. The maximum atomic E-state index is 13.6. The van der Waals surface area contributed by atoms with Crippen LogP contribution in [0.2, 0.25) is 5.02 Å². The molecule has 4 aromatic rings. The summed E-state index contributed by atoms with van der Waals surface area (Å²) in [6, 6.07) is 19.4. The van der Waals surface area contributed by atoms with Crippen molar-refractivity contribution in [3.63, 3.8) is 0 Å². The Hall–Kier alpha value is -4.01. The first-order valence-corrected chi connectivity index (χ1v) is 13.5. The number of halogens is 1. The van der Waals surface area contributed by atoms with E-state index >= 15 is 0 Å². The molecule has 0 saturated heterocycles. The van der Waals surface area contributed by atoms with Crippen LogP contribution in [0.25, 0.3) is 11.3 Å². The summed E-state index contributed by atoms with van der Waals surface area (Å²) < 4.78 is 1.49. The van der Waals surface area contributed by atoms with E-state index in [2.05, 4.69) is 32.0 Å². The molecule has 2 aliphatic rings. The highest BCUT2D eigenvalue weighted by Crippen LogP contribution is 2.48. The monoisotopic (exact) mass is 540 g/mol. The van der Waals surface area contributed by atoms with Crippen LogP contribution in [0.5, 0.6) is 0 Å². The van der Waals surface area contributed by atoms with Gasteiger partial charge in [0.15, 0.2) is 5.82 Å². The molecule has 8 nitrogen and oxygen atoms in total. The van der Waals surface area contributed by atoms with E-state index < -0.39 is 0 Å². The predicted molar refractivity (Wildman–Crippen MR) is 151 cm³/mol. The number of hydrogen-bond donors (Lipinski definition) is 3. The molecule has 0 spiro atoms. The Morgan fingerprint density at radius 1 is 1.03 bits per heavy atom. The standard InChI is InChI=1S/C30H29ClN6O2/c31-24-8-6-23(7-9-24)30(10-11-30)19-36-28-29(39)37(26(17-35-28)21-4-2-1-3-5-21)18-27(38)34-14-20-12-22-15-32-16-25(22)33-13-20/h1-9,12-13,17,32H,10-11,14-16,18-19H2,(H,34,38)(H,35,36). The van der Waals surface area contributed by atoms with Gasteiger partial charge in [0.2, 0.25) is 5.91 Å². The molecule has 9 heteroatoms. The fourth-order valence-electron chi connectivity index (χ4n) is 5.09. The Morgan fingerprint density at radius 3 is 2.59 bits per heavy atom. The van der Waals surface area contributed by atoms with Gasteiger partial charge in [-0.25, -0.2) is 4.98 Å². The summed E-state index contributed by atoms with van der Waals surface area (Å²) in [6.07, 6.45) is 5.49. The molecule has 3 heterocycles. The van der Waals surface area contributed by atoms with Gasteiger partial charge in [0.1, 0.15) is 6.54 Å². The van der Waals surface area contributed by atoms with Crippen molar-refractivity contribution in [2.24, 2.45) is 0 Å². The van der Waals surface area contributed by atoms with E-state index in [-0.39, 0.29) is 29.2 Å². The highest BCUT2D eigenvalue weighted by Gasteiger charge is 2.44. The van der Waals surface area contributed by atoms with Crippen LogP contribution >= 0.6 is 11.6 Å². The minimum Gasteiger partial charge on any atom is -0.365 e. The van der Waals surface area contributed by atoms with Gasteiger partial charge in [-0.05, 0) is 53.3 Å². The summed E-state index contributed by atoms with van der Waals surface area (Å²) in [5.74, 6) is -0.0251. The highest BCUT2D eigenvalue weighted by molar-refractivity contribution is 6.30. The van der Waals surface area contributed by atoms with Crippen molar-refractivity contribution in [1.82, 2.24) is 25.2 Å². The van der Waals surface area contributed by atoms with Gasteiger partial charge in [-0.2, -0.15) is 0 Å². The molecule has 1 saturated carbocycles. The average Bonchev–Trinajstić information content (AvgIpc) is 3.60. The number of hydrogen-bond acceptors (Lipinski definition) is 6. The van der Waals surface area contributed by atoms with Gasteiger partial charge in [-0.1, -0.05) is 54.1 Å². The van der Waals surface area contributed by atoms with E-state index in [0.717, 1.165) is 48.3 Å². The SMILES string of the molecule is O=C(Cn1c(-c2ccccc2)cnc(NCC2(c3ccc(Cl)cc3)CC2)c1=O)NCc1cnc2c(c1)CNC2. The molecule has 0 atom stereocenters. The molecule has 2 aromatic carbocycles. The maximum absolute atomic E-state index is 13.6. The van der Waals surface area contributed by atoms with Crippen LogP contribution in [0.4, 0.5) is 5.82 Å². The molecule has 1 fully saturated rings. The van der Waals surface area contributed by atoms with Crippen LogP contribution in [-0.2, 0) is 36.4 Å². The average molecular weight is 541 g/mol. The van der Waals surface area contributed by atoms with Crippen LogP contribution in [0, 0.1) is 0 Å².